The molecular weight excluding hydrogens is 458 g/mol. The Hall–Kier alpha value is -2.75. The molecule has 3 heterocycles. The van der Waals surface area contributed by atoms with Gasteiger partial charge >= 0.3 is 11.9 Å². The number of nitrogens with one attached hydrogen (secondary N) is 1. The average Bonchev–Trinajstić information content (AvgIpc) is 3.21. The Labute approximate surface area is 201 Å². The van der Waals surface area contributed by atoms with Crippen LogP contribution in [-0.2, 0) is 43.1 Å². The Morgan fingerprint density at radius 3 is 2.68 bits per heavy atom. The largest absolute Gasteiger partial charge is 0.466 e. The summed E-state index contributed by atoms with van der Waals surface area (Å²) in [6, 6.07) is 0. The maximum atomic E-state index is 12.7. The second-order valence-electron chi connectivity index (χ2n) is 8.89. The molecule has 0 radical (unpaired) electrons. The molecule has 1 N–H and O–H groups in total. The monoisotopic (exact) mass is 489 g/mol. The molecule has 1 atom stereocenters. The summed E-state index contributed by atoms with van der Waals surface area (Å²) >= 11 is 1.57. The number of carbonyl (C=O) groups is 3. The highest BCUT2D eigenvalue weighted by Gasteiger charge is 2.31. The van der Waals surface area contributed by atoms with E-state index in [-0.39, 0.29) is 36.2 Å². The molecule has 2 aromatic heterocycles. The molecule has 1 amide bonds. The fourth-order valence-corrected chi connectivity index (χ4v) is 5.99. The summed E-state index contributed by atoms with van der Waals surface area (Å²) in [6.07, 6.45) is 4.55. The van der Waals surface area contributed by atoms with Gasteiger partial charge in [0.2, 0.25) is 0 Å². The highest BCUT2D eigenvalue weighted by atomic mass is 32.1. The van der Waals surface area contributed by atoms with Gasteiger partial charge < -0.3 is 19.4 Å². The van der Waals surface area contributed by atoms with Gasteiger partial charge in [-0.1, -0.05) is 0 Å². The van der Waals surface area contributed by atoms with E-state index in [1.807, 2.05) is 0 Å². The molecule has 2 aliphatic rings. The number of fused-ring (bicyclic) bond motifs is 3. The number of likely N-dealkylation sites (tertiary alicyclic amines) is 1. The van der Waals surface area contributed by atoms with Gasteiger partial charge in [0.05, 0.1) is 24.3 Å². The van der Waals surface area contributed by atoms with Crippen molar-refractivity contribution in [3.05, 3.63) is 26.6 Å². The number of hydrogen-bond donors (Lipinski definition) is 1. The predicted molar refractivity (Wildman–Crippen MR) is 127 cm³/mol. The van der Waals surface area contributed by atoms with Crippen molar-refractivity contribution in [1.82, 2.24) is 14.9 Å². The van der Waals surface area contributed by atoms with E-state index in [4.69, 9.17) is 9.47 Å². The van der Waals surface area contributed by atoms with Crippen LogP contribution in [0.1, 0.15) is 62.2 Å². The summed E-state index contributed by atoms with van der Waals surface area (Å²) in [5.41, 5.74) is 0.979. The van der Waals surface area contributed by atoms with E-state index in [1.165, 1.54) is 4.88 Å². The molecule has 0 aromatic carbocycles. The van der Waals surface area contributed by atoms with E-state index in [1.54, 1.807) is 30.1 Å². The summed E-state index contributed by atoms with van der Waals surface area (Å²) in [5, 5.41) is 0.692. The third kappa shape index (κ3) is 5.32. The van der Waals surface area contributed by atoms with Gasteiger partial charge in [0, 0.05) is 24.4 Å². The van der Waals surface area contributed by atoms with Crippen LogP contribution in [0.2, 0.25) is 0 Å². The van der Waals surface area contributed by atoms with Crippen LogP contribution in [0.15, 0.2) is 4.79 Å². The normalized spacial score (nSPS) is 17.3. The molecular formula is C24H31N3O6S. The molecule has 34 heavy (non-hydrogen) atoms. The standard InChI is InChI=1S/C24H31N3O6S/c1-3-32-24(31)15-10-12-27(13-11-15)23(30)14(2)33-19(28)9-8-18-25-21(29)20-16-6-4-5-7-17(16)34-22(20)26-18/h14-15H,3-13H2,1-2H3,(H,25,26,29)/t14-/m1/s1. The topological polar surface area (TPSA) is 119 Å². The Bertz CT molecular complexity index is 1130. The number of esters is 2. The van der Waals surface area contributed by atoms with E-state index >= 15 is 0 Å². The molecule has 9 nitrogen and oxygen atoms in total. The summed E-state index contributed by atoms with van der Waals surface area (Å²) in [6.45, 7) is 4.53. The average molecular weight is 490 g/mol. The van der Waals surface area contributed by atoms with Crippen molar-refractivity contribution in [2.75, 3.05) is 19.7 Å². The number of H-pyrrole nitrogens is 1. The first-order valence-electron chi connectivity index (χ1n) is 12.1. The number of ether oxygens (including phenoxy) is 2. The lowest BCUT2D eigenvalue weighted by Gasteiger charge is -2.32. The van der Waals surface area contributed by atoms with E-state index in [2.05, 4.69) is 9.97 Å². The molecule has 1 saturated heterocycles. The first-order chi connectivity index (χ1) is 16.4. The second-order valence-corrected chi connectivity index (χ2v) is 9.97. The van der Waals surface area contributed by atoms with Gasteiger partial charge in [-0.2, -0.15) is 0 Å². The van der Waals surface area contributed by atoms with Gasteiger partial charge in [0.15, 0.2) is 6.10 Å². The first kappa shape index (κ1) is 24.4. The predicted octanol–water partition coefficient (Wildman–Crippen LogP) is 2.53. The molecule has 1 fully saturated rings. The molecule has 10 heteroatoms. The maximum absolute atomic E-state index is 12.7. The first-order valence-corrected chi connectivity index (χ1v) is 12.9. The highest BCUT2D eigenvalue weighted by Crippen LogP contribution is 2.33. The molecule has 0 spiro atoms. The van der Waals surface area contributed by atoms with Gasteiger partial charge in [-0.15, -0.1) is 11.3 Å². The zero-order chi connectivity index (χ0) is 24.2. The summed E-state index contributed by atoms with van der Waals surface area (Å²) in [5.74, 6) is -0.749. The van der Waals surface area contributed by atoms with Gasteiger partial charge in [-0.3, -0.25) is 19.2 Å². The SMILES string of the molecule is CCOC(=O)C1CCN(C(=O)[C@@H](C)OC(=O)CCc2nc3sc4c(c3c(=O)[nH]2)CCCC4)CC1. The number of nitrogens with zero attached hydrogens (tertiary/aromatic N) is 2. The number of carbonyl (C=O) groups excluding carboxylic acids is 3. The number of aromatic nitrogens is 2. The van der Waals surface area contributed by atoms with E-state index in [9.17, 15) is 19.2 Å². The van der Waals surface area contributed by atoms with Crippen LogP contribution in [0.4, 0.5) is 0 Å². The van der Waals surface area contributed by atoms with Crippen molar-refractivity contribution in [1.29, 1.82) is 0 Å². The van der Waals surface area contributed by atoms with Gasteiger partial charge in [-0.25, -0.2) is 4.98 Å². The van der Waals surface area contributed by atoms with Crippen molar-refractivity contribution in [3.63, 3.8) is 0 Å². The quantitative estimate of drug-likeness (QED) is 0.594. The van der Waals surface area contributed by atoms with Crippen LogP contribution in [0.5, 0.6) is 0 Å². The lowest BCUT2D eigenvalue weighted by Crippen LogP contribution is -2.45. The zero-order valence-electron chi connectivity index (χ0n) is 19.7. The van der Waals surface area contributed by atoms with Crippen LogP contribution in [0, 0.1) is 5.92 Å². The minimum absolute atomic E-state index is 0.0160. The zero-order valence-corrected chi connectivity index (χ0v) is 20.5. The van der Waals surface area contributed by atoms with Crippen molar-refractivity contribution in [2.24, 2.45) is 5.92 Å². The van der Waals surface area contributed by atoms with Crippen LogP contribution in [0.3, 0.4) is 0 Å². The van der Waals surface area contributed by atoms with Crippen molar-refractivity contribution < 1.29 is 23.9 Å². The van der Waals surface area contributed by atoms with Crippen LogP contribution in [0.25, 0.3) is 10.2 Å². The third-order valence-electron chi connectivity index (χ3n) is 6.52. The molecule has 4 rings (SSSR count). The van der Waals surface area contributed by atoms with Crippen molar-refractivity contribution >= 4 is 39.4 Å². The lowest BCUT2D eigenvalue weighted by molar-refractivity contribution is -0.160. The maximum Gasteiger partial charge on any atom is 0.309 e. The molecule has 0 saturated carbocycles. The number of thiophene rings is 1. The number of piperidine rings is 1. The number of rotatable bonds is 7. The summed E-state index contributed by atoms with van der Waals surface area (Å²) in [4.78, 5) is 60.5. The number of hydrogen-bond acceptors (Lipinski definition) is 8. The van der Waals surface area contributed by atoms with E-state index in [0.717, 1.165) is 36.1 Å². The van der Waals surface area contributed by atoms with Gasteiger partial charge in [-0.05, 0) is 57.9 Å². The Morgan fingerprint density at radius 2 is 1.94 bits per heavy atom. The number of aromatic amines is 1. The third-order valence-corrected chi connectivity index (χ3v) is 7.71. The smallest absolute Gasteiger partial charge is 0.309 e. The van der Waals surface area contributed by atoms with Gasteiger partial charge in [0.25, 0.3) is 11.5 Å². The van der Waals surface area contributed by atoms with E-state index < -0.39 is 12.1 Å². The Balaban J connectivity index is 1.28. The Morgan fingerprint density at radius 1 is 1.21 bits per heavy atom. The molecule has 1 aliphatic heterocycles. The molecule has 0 bridgehead atoms. The number of amides is 1. The lowest BCUT2D eigenvalue weighted by atomic mass is 9.97. The molecule has 0 unspecified atom stereocenters. The second kappa shape index (κ2) is 10.7. The minimum atomic E-state index is -0.912. The number of aryl methyl sites for hydroxylation is 3. The van der Waals surface area contributed by atoms with E-state index in [0.29, 0.717) is 43.7 Å². The summed E-state index contributed by atoms with van der Waals surface area (Å²) in [7, 11) is 0. The van der Waals surface area contributed by atoms with Crippen LogP contribution >= 0.6 is 11.3 Å². The minimum Gasteiger partial charge on any atom is -0.466 e. The highest BCUT2D eigenvalue weighted by molar-refractivity contribution is 7.18. The van der Waals surface area contributed by atoms with Gasteiger partial charge in [0.1, 0.15) is 10.7 Å². The fraction of sp³-hybridized carbons (Fsp3) is 0.625. The van der Waals surface area contributed by atoms with Crippen LogP contribution < -0.4 is 5.56 Å². The Kier molecular flexibility index (Phi) is 7.65. The van der Waals surface area contributed by atoms with Crippen LogP contribution in [-0.4, -0.2) is 58.5 Å². The van der Waals surface area contributed by atoms with Crippen molar-refractivity contribution in [3.8, 4) is 0 Å². The fourth-order valence-electron chi connectivity index (χ4n) is 4.71. The molecule has 2 aromatic rings. The molecule has 1 aliphatic carbocycles. The summed E-state index contributed by atoms with van der Waals surface area (Å²) < 4.78 is 10.4. The van der Waals surface area contributed by atoms with Crippen molar-refractivity contribution in [2.45, 2.75) is 71.3 Å². The molecule has 184 valence electrons.